The fraction of sp³-hybridized carbons (Fsp3) is 0.559. The van der Waals surface area contributed by atoms with Crippen LogP contribution >= 0.6 is 23.2 Å². The van der Waals surface area contributed by atoms with E-state index in [4.69, 9.17) is 42.6 Å². The van der Waals surface area contributed by atoms with E-state index in [2.05, 4.69) is 28.6 Å². The molecule has 49 heavy (non-hydrogen) atoms. The van der Waals surface area contributed by atoms with Crippen LogP contribution in [0, 0.1) is 5.92 Å². The normalized spacial score (nSPS) is 21.0. The summed E-state index contributed by atoms with van der Waals surface area (Å²) < 4.78 is 10.9. The van der Waals surface area contributed by atoms with Crippen molar-refractivity contribution in [3.8, 4) is 11.5 Å². The molecule has 3 atom stereocenters. The smallest absolute Gasteiger partial charge is 0.330 e. The quantitative estimate of drug-likeness (QED) is 0.248. The number of benzene rings is 1. The van der Waals surface area contributed by atoms with E-state index in [1.807, 2.05) is 11.9 Å². The highest BCUT2D eigenvalue weighted by Gasteiger charge is 2.43. The van der Waals surface area contributed by atoms with Crippen molar-refractivity contribution in [3.05, 3.63) is 40.5 Å². The van der Waals surface area contributed by atoms with Gasteiger partial charge in [0, 0.05) is 51.1 Å². The summed E-state index contributed by atoms with van der Waals surface area (Å²) in [6.45, 7) is 8.95. The standard InChI is InChI=1S/C34H46Cl2N8O5/c1-7-9-10-14-43(24-20-42(19-23(24)38-27(45)8-2)32(46)21-12-11-13-40(3)17-21)33-37-16-22-18-44(34(47)41(4)31(22)39-33)30-28(35)25(48-5)15-26(49-6)29(30)36/h8,15-16,21,23-24H,2,7,9-14,17-20H2,1,3-6H3,(H,38,45). The Bertz CT molecular complexity index is 1550. The van der Waals surface area contributed by atoms with Crippen LogP contribution in [0.1, 0.15) is 44.6 Å². The van der Waals surface area contributed by atoms with Gasteiger partial charge in [-0.15, -0.1) is 0 Å². The van der Waals surface area contributed by atoms with E-state index in [0.717, 1.165) is 38.6 Å². The third-order valence-corrected chi connectivity index (χ3v) is 10.3. The van der Waals surface area contributed by atoms with Gasteiger partial charge in [-0.3, -0.25) is 19.4 Å². The number of methoxy groups -OCH3 is 2. The van der Waals surface area contributed by atoms with E-state index < -0.39 is 6.03 Å². The molecule has 0 bridgehead atoms. The van der Waals surface area contributed by atoms with Crippen LogP contribution in [0.4, 0.5) is 22.2 Å². The van der Waals surface area contributed by atoms with E-state index in [1.54, 1.807) is 19.3 Å². The van der Waals surface area contributed by atoms with Gasteiger partial charge in [-0.1, -0.05) is 49.5 Å². The topological polar surface area (TPSA) is 124 Å². The minimum absolute atomic E-state index is 0.0871. The lowest BCUT2D eigenvalue weighted by Crippen LogP contribution is -2.52. The molecule has 2 aromatic rings. The molecule has 4 amide bonds. The number of ether oxygens (including phenoxy) is 2. The fourth-order valence-corrected chi connectivity index (χ4v) is 7.67. The molecule has 4 heterocycles. The minimum atomic E-state index is -0.403. The molecule has 3 aliphatic heterocycles. The first-order valence-corrected chi connectivity index (χ1v) is 17.5. The number of amides is 4. The molecule has 0 spiro atoms. The Labute approximate surface area is 298 Å². The highest BCUT2D eigenvalue weighted by molar-refractivity contribution is 6.42. The molecule has 2 saturated heterocycles. The summed E-state index contributed by atoms with van der Waals surface area (Å²) in [6.07, 6.45) is 7.61. The van der Waals surface area contributed by atoms with Crippen LogP contribution in [-0.4, -0.2) is 111 Å². The Kier molecular flexibility index (Phi) is 11.8. The number of nitrogens with zero attached hydrogens (tertiary/aromatic N) is 7. The first kappa shape index (κ1) is 36.5. The minimum Gasteiger partial charge on any atom is -0.495 e. The lowest BCUT2D eigenvalue weighted by Gasteiger charge is -2.37. The second-order valence-corrected chi connectivity index (χ2v) is 13.6. The summed E-state index contributed by atoms with van der Waals surface area (Å²) in [5.41, 5.74) is 0.933. The van der Waals surface area contributed by atoms with Gasteiger partial charge in [0.05, 0.1) is 44.5 Å². The number of likely N-dealkylation sites (tertiary alicyclic amines) is 2. The zero-order chi connectivity index (χ0) is 35.4. The van der Waals surface area contributed by atoms with Crippen LogP contribution in [0.5, 0.6) is 11.5 Å². The Hall–Kier alpha value is -3.81. The number of nitrogens with one attached hydrogen (secondary N) is 1. The van der Waals surface area contributed by atoms with Gasteiger partial charge < -0.3 is 29.5 Å². The predicted molar refractivity (Wildman–Crippen MR) is 191 cm³/mol. The second kappa shape index (κ2) is 15.8. The van der Waals surface area contributed by atoms with E-state index in [0.29, 0.717) is 55.0 Å². The maximum absolute atomic E-state index is 13.9. The average molecular weight is 718 g/mol. The van der Waals surface area contributed by atoms with Crippen LogP contribution in [-0.2, 0) is 16.1 Å². The summed E-state index contributed by atoms with van der Waals surface area (Å²) in [5.74, 6) is 1.18. The van der Waals surface area contributed by atoms with E-state index in [9.17, 15) is 14.4 Å². The van der Waals surface area contributed by atoms with E-state index in [1.165, 1.54) is 30.1 Å². The first-order valence-electron chi connectivity index (χ1n) is 16.7. The number of carbonyl (C=O) groups is 3. The highest BCUT2D eigenvalue weighted by Crippen LogP contribution is 2.48. The summed E-state index contributed by atoms with van der Waals surface area (Å²) >= 11 is 13.4. The molecule has 13 nitrogen and oxygen atoms in total. The molecule has 0 saturated carbocycles. The Balaban J connectivity index is 1.49. The molecular formula is C34H46Cl2N8O5. The van der Waals surface area contributed by atoms with Crippen molar-refractivity contribution in [1.82, 2.24) is 25.1 Å². The molecule has 1 N–H and O–H groups in total. The number of halogens is 2. The van der Waals surface area contributed by atoms with Crippen LogP contribution in [0.3, 0.4) is 0 Å². The zero-order valence-corrected chi connectivity index (χ0v) is 30.4. The lowest BCUT2D eigenvalue weighted by atomic mass is 9.97. The lowest BCUT2D eigenvalue weighted by molar-refractivity contribution is -0.136. The van der Waals surface area contributed by atoms with Crippen LogP contribution < -0.4 is 29.5 Å². The largest absolute Gasteiger partial charge is 0.495 e. The van der Waals surface area contributed by atoms with Crippen molar-refractivity contribution in [2.45, 2.75) is 57.7 Å². The van der Waals surface area contributed by atoms with Gasteiger partial charge in [0.15, 0.2) is 0 Å². The third-order valence-electron chi connectivity index (χ3n) is 9.56. The van der Waals surface area contributed by atoms with Gasteiger partial charge in [0.2, 0.25) is 17.8 Å². The number of hydrogen-bond donors (Lipinski definition) is 1. The van der Waals surface area contributed by atoms with Gasteiger partial charge in [-0.2, -0.15) is 4.98 Å². The summed E-state index contributed by atoms with van der Waals surface area (Å²) in [4.78, 5) is 59.1. The van der Waals surface area contributed by atoms with Gasteiger partial charge in [0.1, 0.15) is 27.4 Å². The molecule has 1 aromatic carbocycles. The summed E-state index contributed by atoms with van der Waals surface area (Å²) in [6, 6.07) is 0.491. The van der Waals surface area contributed by atoms with Gasteiger partial charge in [-0.25, -0.2) is 9.78 Å². The number of aromatic nitrogens is 2. The van der Waals surface area contributed by atoms with Gasteiger partial charge in [0.25, 0.3) is 0 Å². The van der Waals surface area contributed by atoms with Crippen LogP contribution in [0.15, 0.2) is 24.9 Å². The molecule has 0 radical (unpaired) electrons. The first-order chi connectivity index (χ1) is 23.5. The molecule has 0 aliphatic carbocycles. The number of piperidine rings is 1. The summed E-state index contributed by atoms with van der Waals surface area (Å²) in [5, 5.41) is 3.42. The third kappa shape index (κ3) is 7.53. The van der Waals surface area contributed by atoms with Crippen LogP contribution in [0.25, 0.3) is 0 Å². The van der Waals surface area contributed by atoms with E-state index in [-0.39, 0.29) is 52.1 Å². The van der Waals surface area contributed by atoms with Crippen molar-refractivity contribution in [2.24, 2.45) is 5.92 Å². The maximum atomic E-state index is 13.9. The Morgan fingerprint density at radius 3 is 2.47 bits per heavy atom. The molecule has 15 heteroatoms. The van der Waals surface area contributed by atoms with Crippen molar-refractivity contribution in [3.63, 3.8) is 0 Å². The van der Waals surface area contributed by atoms with Crippen molar-refractivity contribution in [1.29, 1.82) is 0 Å². The van der Waals surface area contributed by atoms with Crippen molar-refractivity contribution < 1.29 is 23.9 Å². The number of hydrogen-bond acceptors (Lipinski definition) is 9. The number of fused-ring (bicyclic) bond motifs is 1. The highest BCUT2D eigenvalue weighted by atomic mass is 35.5. The number of urea groups is 1. The second-order valence-electron chi connectivity index (χ2n) is 12.8. The molecule has 3 unspecified atom stereocenters. The SMILES string of the molecule is C=CC(=O)NC1CN(C(=O)C2CCCN(C)C2)CC1N(CCCCC)c1ncc2c(n1)N(C)C(=O)N(c1c(Cl)c(OC)cc(OC)c1Cl)C2. The maximum Gasteiger partial charge on any atom is 0.330 e. The number of rotatable bonds is 12. The average Bonchev–Trinajstić information content (AvgIpc) is 3.51. The molecular weight excluding hydrogens is 671 g/mol. The fourth-order valence-electron chi connectivity index (χ4n) is 6.96. The van der Waals surface area contributed by atoms with Crippen molar-refractivity contribution in [2.75, 3.05) is 75.7 Å². The number of anilines is 3. The van der Waals surface area contributed by atoms with E-state index >= 15 is 0 Å². The monoisotopic (exact) mass is 716 g/mol. The van der Waals surface area contributed by atoms with Crippen LogP contribution in [0.2, 0.25) is 10.0 Å². The zero-order valence-electron chi connectivity index (χ0n) is 28.9. The number of carbonyl (C=O) groups excluding carboxylic acids is 3. The molecule has 266 valence electrons. The molecule has 1 aromatic heterocycles. The molecule has 5 rings (SSSR count). The predicted octanol–water partition coefficient (Wildman–Crippen LogP) is 4.60. The Morgan fingerprint density at radius 2 is 1.84 bits per heavy atom. The molecule has 2 fully saturated rings. The van der Waals surface area contributed by atoms with Gasteiger partial charge in [-0.05, 0) is 38.9 Å². The number of unbranched alkanes of at least 4 members (excludes halogenated alkanes) is 2. The van der Waals surface area contributed by atoms with Gasteiger partial charge >= 0.3 is 6.03 Å². The Morgan fingerprint density at radius 1 is 1.12 bits per heavy atom. The summed E-state index contributed by atoms with van der Waals surface area (Å²) in [7, 11) is 6.62. The molecule has 3 aliphatic rings. The van der Waals surface area contributed by atoms with Crippen molar-refractivity contribution >= 4 is 58.5 Å².